The quantitative estimate of drug-likeness (QED) is 0.131. The number of para-hydroxylation sites is 1. The number of nitrogens with zero attached hydrogens (tertiary/aromatic N) is 3. The zero-order chi connectivity index (χ0) is 34.9. The zero-order valence-corrected chi connectivity index (χ0v) is 30.3. The van der Waals surface area contributed by atoms with Crippen molar-refractivity contribution in [3.8, 4) is 33.2 Å². The summed E-state index contributed by atoms with van der Waals surface area (Å²) in [6.07, 6.45) is 4.60. The van der Waals surface area contributed by atoms with Crippen molar-refractivity contribution in [1.82, 2.24) is 15.0 Å². The molecule has 0 radical (unpaired) electrons. The van der Waals surface area contributed by atoms with Gasteiger partial charge in [0.1, 0.15) is 0 Å². The van der Waals surface area contributed by atoms with Gasteiger partial charge in [-0.1, -0.05) is 44.2 Å². The Morgan fingerprint density at radius 3 is 2.35 bits per heavy atom. The van der Waals surface area contributed by atoms with E-state index in [2.05, 4.69) is 58.9 Å². The molecule has 252 valence electrons. The zero-order valence-electron chi connectivity index (χ0n) is 27.7. The summed E-state index contributed by atoms with van der Waals surface area (Å²) in [4.78, 5) is 13.3. The molecule has 0 bridgehead atoms. The molecule has 0 saturated carbocycles. The first-order valence-corrected chi connectivity index (χ1v) is 20.3. The van der Waals surface area contributed by atoms with E-state index >= 15 is 0 Å². The van der Waals surface area contributed by atoms with E-state index in [1.54, 1.807) is 44.6 Å². The summed E-state index contributed by atoms with van der Waals surface area (Å²) in [6, 6.07) is 14.3. The highest BCUT2D eigenvalue weighted by molar-refractivity contribution is 7.92. The van der Waals surface area contributed by atoms with Crippen LogP contribution in [-0.2, 0) is 16.6 Å². The third kappa shape index (κ3) is 7.50. The van der Waals surface area contributed by atoms with Crippen LogP contribution in [0.2, 0.25) is 18.1 Å². The Kier molecular flexibility index (Phi) is 9.90. The fourth-order valence-corrected chi connectivity index (χ4v) is 8.02. The minimum absolute atomic E-state index is 0.0192. The van der Waals surface area contributed by atoms with Gasteiger partial charge in [-0.15, -0.1) is 0 Å². The summed E-state index contributed by atoms with van der Waals surface area (Å²) in [5.41, 5.74) is 3.18. The largest absolute Gasteiger partial charge is 0.541 e. The molecule has 0 saturated heterocycles. The van der Waals surface area contributed by atoms with E-state index in [0.29, 0.717) is 51.0 Å². The second-order valence-electron chi connectivity index (χ2n) is 12.7. The monoisotopic (exact) mass is 709 g/mol. The molecule has 0 amide bonds. The van der Waals surface area contributed by atoms with Crippen LogP contribution in [0.1, 0.15) is 31.9 Å². The predicted molar refractivity (Wildman–Crippen MR) is 189 cm³/mol. The number of nitrogens with one attached hydrogen (secondary N) is 2. The topological polar surface area (TPSA) is 115 Å². The summed E-state index contributed by atoms with van der Waals surface area (Å²) in [6.45, 7) is 12.9. The van der Waals surface area contributed by atoms with Crippen molar-refractivity contribution in [2.24, 2.45) is 0 Å². The first-order valence-electron chi connectivity index (χ1n) is 15.0. The average Bonchev–Trinajstić information content (AvgIpc) is 3.44. The summed E-state index contributed by atoms with van der Waals surface area (Å²) >= 11 is 1.06. The van der Waals surface area contributed by atoms with Crippen LogP contribution < -0.4 is 19.2 Å². The molecule has 48 heavy (non-hydrogen) atoms. The molecule has 0 spiro atoms. The van der Waals surface area contributed by atoms with Crippen molar-refractivity contribution >= 4 is 40.5 Å². The summed E-state index contributed by atoms with van der Waals surface area (Å²) < 4.78 is 69.8. The van der Waals surface area contributed by atoms with E-state index < -0.39 is 30.0 Å². The Hall–Kier alpha value is -4.40. The van der Waals surface area contributed by atoms with Crippen LogP contribution in [0.5, 0.6) is 11.5 Å². The van der Waals surface area contributed by atoms with E-state index in [9.17, 15) is 17.2 Å². The normalized spacial score (nSPS) is 12.1. The molecule has 0 aliphatic carbocycles. The number of pyridine rings is 2. The number of aryl methyl sites for hydroxylation is 1. The van der Waals surface area contributed by atoms with Crippen molar-refractivity contribution in [3.05, 3.63) is 95.9 Å². The third-order valence-electron chi connectivity index (χ3n) is 8.20. The fraction of sp³-hybridized carbons (Fsp3) is 0.265. The Morgan fingerprint density at radius 1 is 0.979 bits per heavy atom. The lowest BCUT2D eigenvalue weighted by Gasteiger charge is -2.37. The molecule has 2 N–H and O–H groups in total. The van der Waals surface area contributed by atoms with Gasteiger partial charge in [0.05, 0.1) is 29.6 Å². The van der Waals surface area contributed by atoms with Crippen LogP contribution in [0.4, 0.5) is 19.6 Å². The molecule has 0 atom stereocenters. The molecule has 0 aliphatic heterocycles. The minimum atomic E-state index is -4.18. The molecule has 3 aromatic heterocycles. The molecule has 14 heteroatoms. The van der Waals surface area contributed by atoms with Crippen molar-refractivity contribution in [2.45, 2.75) is 57.4 Å². The number of rotatable bonds is 11. The maximum Gasteiger partial charge on any atom is 0.281 e. The number of sulfonamides is 1. The number of halogens is 2. The highest BCUT2D eigenvalue weighted by Crippen LogP contribution is 2.42. The second-order valence-corrected chi connectivity index (χ2v) is 20.0. The van der Waals surface area contributed by atoms with Gasteiger partial charge in [0.25, 0.3) is 18.3 Å². The Bertz CT molecular complexity index is 2050. The van der Waals surface area contributed by atoms with Gasteiger partial charge in [0.15, 0.2) is 33.3 Å². The van der Waals surface area contributed by atoms with Crippen molar-refractivity contribution in [3.63, 3.8) is 0 Å². The van der Waals surface area contributed by atoms with E-state index in [1.807, 2.05) is 18.2 Å². The number of benzene rings is 2. The number of hydrogen-bond acceptors (Lipinski definition) is 9. The molecule has 5 rings (SSSR count). The standard InChI is InChI=1S/C34H37F2N5O4S2Si/c1-21-17-25(38-19-24-9-8-10-28(44-5)30(24)45-48(6,7)34(2,3)4)20-39-32(21)47(42,43)41-33-40-29(23-11-12-26(35)27(36)18-23)31(46-33)22-13-15-37-16-14-22/h8-18,20,38H,19H2,1-7H3,(H,40,41). The number of aromatic nitrogens is 3. The molecule has 9 nitrogen and oxygen atoms in total. The van der Waals surface area contributed by atoms with Crippen LogP contribution in [0.15, 0.2) is 78.2 Å². The summed E-state index contributed by atoms with van der Waals surface area (Å²) in [5.74, 6) is -0.710. The highest BCUT2D eigenvalue weighted by atomic mass is 32.2. The molecule has 5 aromatic rings. The molecule has 3 heterocycles. The summed E-state index contributed by atoms with van der Waals surface area (Å²) in [5, 5.41) is 3.18. The van der Waals surface area contributed by atoms with E-state index in [1.165, 1.54) is 12.3 Å². The fourth-order valence-electron chi connectivity index (χ4n) is 4.59. The van der Waals surface area contributed by atoms with Crippen LogP contribution in [-0.4, -0.2) is 38.8 Å². The lowest BCUT2D eigenvalue weighted by atomic mass is 10.1. The predicted octanol–water partition coefficient (Wildman–Crippen LogP) is 8.66. The van der Waals surface area contributed by atoms with Crippen molar-refractivity contribution in [1.29, 1.82) is 0 Å². The number of hydrogen-bond donors (Lipinski definition) is 2. The Balaban J connectivity index is 1.39. The van der Waals surface area contributed by atoms with Gasteiger partial charge in [-0.2, -0.15) is 8.42 Å². The summed E-state index contributed by atoms with van der Waals surface area (Å²) in [7, 11) is -4.75. The van der Waals surface area contributed by atoms with Gasteiger partial charge in [-0.25, -0.2) is 18.7 Å². The maximum atomic E-state index is 14.1. The van der Waals surface area contributed by atoms with Gasteiger partial charge < -0.3 is 14.5 Å². The smallest absolute Gasteiger partial charge is 0.281 e. The van der Waals surface area contributed by atoms with E-state index in [0.717, 1.165) is 29.0 Å². The number of thiazole rings is 1. The van der Waals surface area contributed by atoms with Gasteiger partial charge in [0, 0.05) is 30.1 Å². The average molecular weight is 710 g/mol. The maximum absolute atomic E-state index is 14.1. The second kappa shape index (κ2) is 13.6. The molecule has 0 aliphatic rings. The molecular formula is C34H37F2N5O4S2Si. The van der Waals surface area contributed by atoms with Crippen LogP contribution in [0, 0.1) is 18.6 Å². The van der Waals surface area contributed by atoms with Crippen LogP contribution in [0.25, 0.3) is 21.7 Å². The minimum Gasteiger partial charge on any atom is -0.541 e. The SMILES string of the molecule is COc1cccc(CNc2cnc(S(=O)(=O)Nc3nc(-c4ccc(F)c(F)c4)c(-c4ccncc4)s3)c(C)c2)c1O[Si](C)(C)C(C)(C)C. The number of anilines is 2. The van der Waals surface area contributed by atoms with E-state index in [-0.39, 0.29) is 15.2 Å². The van der Waals surface area contributed by atoms with Crippen LogP contribution in [0.3, 0.4) is 0 Å². The molecule has 2 aromatic carbocycles. The van der Waals surface area contributed by atoms with Crippen molar-refractivity contribution < 1.29 is 26.4 Å². The Morgan fingerprint density at radius 2 is 1.71 bits per heavy atom. The van der Waals surface area contributed by atoms with E-state index in [4.69, 9.17) is 9.16 Å². The number of methoxy groups -OCH3 is 1. The molecule has 0 fully saturated rings. The number of ether oxygens (including phenoxy) is 1. The lowest BCUT2D eigenvalue weighted by Crippen LogP contribution is -2.44. The van der Waals surface area contributed by atoms with Gasteiger partial charge in [-0.05, 0) is 78.6 Å². The first-order chi connectivity index (χ1) is 22.6. The van der Waals surface area contributed by atoms with Gasteiger partial charge >= 0.3 is 0 Å². The molecular weight excluding hydrogens is 673 g/mol. The van der Waals surface area contributed by atoms with Gasteiger partial charge in [-0.3, -0.25) is 9.71 Å². The van der Waals surface area contributed by atoms with Crippen molar-refractivity contribution in [2.75, 3.05) is 17.1 Å². The van der Waals surface area contributed by atoms with Gasteiger partial charge in [0.2, 0.25) is 0 Å². The first kappa shape index (κ1) is 34.9. The molecule has 0 unspecified atom stereocenters. The van der Waals surface area contributed by atoms with Crippen LogP contribution >= 0.6 is 11.3 Å². The highest BCUT2D eigenvalue weighted by Gasteiger charge is 2.40. The lowest BCUT2D eigenvalue weighted by molar-refractivity contribution is 0.384. The third-order valence-corrected chi connectivity index (χ3v) is 15.1. The Labute approximate surface area is 284 Å².